The maximum atomic E-state index is 11.9. The van der Waals surface area contributed by atoms with E-state index in [4.69, 9.17) is 0 Å². The molecule has 1 heterocycles. The number of nitrogens with one attached hydrogen (secondary N) is 1. The standard InChI is InChI=1S/C11H18F3N3O/c1-3-17-6-5-16-10(17)9(15-2)4-7-18-8-11(12,13)14/h5-6,9,15H,3-4,7-8H2,1-2H3. The zero-order chi connectivity index (χ0) is 13.6. The lowest BCUT2D eigenvalue weighted by atomic mass is 10.2. The molecule has 1 rings (SSSR count). The van der Waals surface area contributed by atoms with Crippen molar-refractivity contribution >= 4 is 0 Å². The van der Waals surface area contributed by atoms with Crippen LogP contribution >= 0.6 is 0 Å². The normalized spacial score (nSPS) is 13.8. The summed E-state index contributed by atoms with van der Waals surface area (Å²) in [6.45, 7) is 1.60. The van der Waals surface area contributed by atoms with Gasteiger partial charge in [-0.3, -0.25) is 0 Å². The van der Waals surface area contributed by atoms with Gasteiger partial charge in [0, 0.05) is 25.5 Å². The van der Waals surface area contributed by atoms with E-state index < -0.39 is 12.8 Å². The first-order valence-electron chi connectivity index (χ1n) is 5.80. The van der Waals surface area contributed by atoms with E-state index >= 15 is 0 Å². The predicted molar refractivity (Wildman–Crippen MR) is 61.2 cm³/mol. The van der Waals surface area contributed by atoms with E-state index in [-0.39, 0.29) is 12.6 Å². The van der Waals surface area contributed by atoms with Crippen LogP contribution in [0.15, 0.2) is 12.4 Å². The van der Waals surface area contributed by atoms with Crippen LogP contribution in [0.25, 0.3) is 0 Å². The summed E-state index contributed by atoms with van der Waals surface area (Å²) in [6, 6.07) is -0.104. The number of nitrogens with zero attached hydrogens (tertiary/aromatic N) is 2. The average molecular weight is 265 g/mol. The molecular weight excluding hydrogens is 247 g/mol. The van der Waals surface area contributed by atoms with Crippen LogP contribution in [0, 0.1) is 0 Å². The largest absolute Gasteiger partial charge is 0.411 e. The van der Waals surface area contributed by atoms with Crippen LogP contribution in [0.2, 0.25) is 0 Å². The molecule has 0 bridgehead atoms. The molecule has 0 amide bonds. The molecule has 1 aromatic rings. The summed E-state index contributed by atoms with van der Waals surface area (Å²) in [4.78, 5) is 4.21. The zero-order valence-corrected chi connectivity index (χ0v) is 10.5. The predicted octanol–water partition coefficient (Wildman–Crippen LogP) is 2.13. The van der Waals surface area contributed by atoms with E-state index in [1.807, 2.05) is 17.7 Å². The summed E-state index contributed by atoms with van der Waals surface area (Å²) >= 11 is 0. The molecule has 0 aromatic carbocycles. The number of imidazole rings is 1. The number of ether oxygens (including phenoxy) is 1. The number of halogens is 3. The van der Waals surface area contributed by atoms with Gasteiger partial charge < -0.3 is 14.6 Å². The van der Waals surface area contributed by atoms with Crippen LogP contribution in [0.3, 0.4) is 0 Å². The van der Waals surface area contributed by atoms with Crippen molar-refractivity contribution in [2.75, 3.05) is 20.3 Å². The molecule has 104 valence electrons. The smallest absolute Gasteiger partial charge is 0.372 e. The first-order valence-corrected chi connectivity index (χ1v) is 5.80. The Bertz CT molecular complexity index is 352. The maximum Gasteiger partial charge on any atom is 0.411 e. The van der Waals surface area contributed by atoms with Crippen molar-refractivity contribution in [1.29, 1.82) is 0 Å². The van der Waals surface area contributed by atoms with Crippen molar-refractivity contribution in [3.8, 4) is 0 Å². The van der Waals surface area contributed by atoms with Crippen LogP contribution in [0.5, 0.6) is 0 Å². The molecule has 0 saturated carbocycles. The Balaban J connectivity index is 2.43. The Labute approximate surface area is 104 Å². The molecule has 0 radical (unpaired) electrons. The van der Waals surface area contributed by atoms with Gasteiger partial charge in [-0.2, -0.15) is 13.2 Å². The van der Waals surface area contributed by atoms with Crippen molar-refractivity contribution < 1.29 is 17.9 Å². The van der Waals surface area contributed by atoms with E-state index in [2.05, 4.69) is 15.0 Å². The molecule has 1 aromatic heterocycles. The molecule has 0 fully saturated rings. The van der Waals surface area contributed by atoms with Gasteiger partial charge >= 0.3 is 6.18 Å². The van der Waals surface area contributed by atoms with Crippen molar-refractivity contribution in [3.05, 3.63) is 18.2 Å². The Morgan fingerprint density at radius 1 is 1.50 bits per heavy atom. The molecule has 0 aliphatic rings. The number of alkyl halides is 3. The Morgan fingerprint density at radius 3 is 2.78 bits per heavy atom. The highest BCUT2D eigenvalue weighted by Gasteiger charge is 2.27. The highest BCUT2D eigenvalue weighted by atomic mass is 19.4. The lowest BCUT2D eigenvalue weighted by Gasteiger charge is -2.17. The van der Waals surface area contributed by atoms with Gasteiger partial charge in [0.05, 0.1) is 6.04 Å². The van der Waals surface area contributed by atoms with Crippen LogP contribution in [-0.4, -0.2) is 36.0 Å². The first kappa shape index (κ1) is 15.0. The summed E-state index contributed by atoms with van der Waals surface area (Å²) in [5.41, 5.74) is 0. The molecule has 0 spiro atoms. The van der Waals surface area contributed by atoms with E-state index in [1.165, 1.54) is 0 Å². The van der Waals surface area contributed by atoms with Crippen LogP contribution in [-0.2, 0) is 11.3 Å². The van der Waals surface area contributed by atoms with Crippen LogP contribution in [0.1, 0.15) is 25.2 Å². The second kappa shape index (κ2) is 6.75. The molecule has 1 atom stereocenters. The molecule has 0 aliphatic heterocycles. The lowest BCUT2D eigenvalue weighted by molar-refractivity contribution is -0.174. The summed E-state index contributed by atoms with van der Waals surface area (Å²) in [7, 11) is 1.75. The maximum absolute atomic E-state index is 11.9. The van der Waals surface area contributed by atoms with E-state index in [0.717, 1.165) is 12.4 Å². The molecule has 7 heteroatoms. The molecule has 18 heavy (non-hydrogen) atoms. The Hall–Kier alpha value is -1.08. The molecule has 0 aliphatic carbocycles. The zero-order valence-electron chi connectivity index (χ0n) is 10.5. The van der Waals surface area contributed by atoms with Crippen molar-refractivity contribution in [2.45, 2.75) is 32.1 Å². The van der Waals surface area contributed by atoms with Crippen LogP contribution < -0.4 is 5.32 Å². The minimum atomic E-state index is -4.27. The number of aryl methyl sites for hydroxylation is 1. The van der Waals surface area contributed by atoms with Crippen molar-refractivity contribution in [2.24, 2.45) is 0 Å². The number of hydrogen-bond acceptors (Lipinski definition) is 3. The van der Waals surface area contributed by atoms with Crippen LogP contribution in [0.4, 0.5) is 13.2 Å². The van der Waals surface area contributed by atoms with Crippen molar-refractivity contribution in [1.82, 2.24) is 14.9 Å². The fraction of sp³-hybridized carbons (Fsp3) is 0.727. The Kier molecular flexibility index (Phi) is 5.61. The van der Waals surface area contributed by atoms with Gasteiger partial charge in [-0.1, -0.05) is 0 Å². The van der Waals surface area contributed by atoms with Gasteiger partial charge in [0.2, 0.25) is 0 Å². The highest BCUT2D eigenvalue weighted by molar-refractivity contribution is 4.99. The number of aromatic nitrogens is 2. The van der Waals surface area contributed by atoms with Gasteiger partial charge in [0.15, 0.2) is 0 Å². The first-order chi connectivity index (χ1) is 8.48. The van der Waals surface area contributed by atoms with Gasteiger partial charge in [0.25, 0.3) is 0 Å². The fourth-order valence-corrected chi connectivity index (χ4v) is 1.69. The average Bonchev–Trinajstić information content (AvgIpc) is 2.76. The summed E-state index contributed by atoms with van der Waals surface area (Å²) in [5, 5.41) is 3.03. The third-order valence-corrected chi connectivity index (χ3v) is 2.57. The lowest BCUT2D eigenvalue weighted by Crippen LogP contribution is -2.24. The highest BCUT2D eigenvalue weighted by Crippen LogP contribution is 2.17. The van der Waals surface area contributed by atoms with E-state index in [9.17, 15) is 13.2 Å². The monoisotopic (exact) mass is 265 g/mol. The summed E-state index contributed by atoms with van der Waals surface area (Å²) < 4.78 is 42.2. The quantitative estimate of drug-likeness (QED) is 0.768. The summed E-state index contributed by atoms with van der Waals surface area (Å²) in [6.07, 6.45) is -0.295. The van der Waals surface area contributed by atoms with E-state index in [1.54, 1.807) is 13.2 Å². The third kappa shape index (κ3) is 4.66. The molecular formula is C11H18F3N3O. The molecule has 1 N–H and O–H groups in total. The second-order valence-electron chi connectivity index (χ2n) is 3.87. The van der Waals surface area contributed by atoms with Gasteiger partial charge in [0.1, 0.15) is 12.4 Å². The molecule has 4 nitrogen and oxygen atoms in total. The SMILES string of the molecule is CCn1ccnc1C(CCOCC(F)(F)F)NC. The number of hydrogen-bond donors (Lipinski definition) is 1. The summed E-state index contributed by atoms with van der Waals surface area (Å²) in [5.74, 6) is 0.815. The van der Waals surface area contributed by atoms with Crippen molar-refractivity contribution in [3.63, 3.8) is 0 Å². The minimum Gasteiger partial charge on any atom is -0.372 e. The third-order valence-electron chi connectivity index (χ3n) is 2.57. The Morgan fingerprint density at radius 2 is 2.22 bits per heavy atom. The second-order valence-corrected chi connectivity index (χ2v) is 3.87. The molecule has 1 unspecified atom stereocenters. The minimum absolute atomic E-state index is 0.0432. The van der Waals surface area contributed by atoms with Gasteiger partial charge in [-0.05, 0) is 20.4 Å². The molecule has 0 saturated heterocycles. The number of rotatable bonds is 7. The van der Waals surface area contributed by atoms with Gasteiger partial charge in [-0.25, -0.2) is 4.98 Å². The fourth-order valence-electron chi connectivity index (χ4n) is 1.69. The topological polar surface area (TPSA) is 39.1 Å². The van der Waals surface area contributed by atoms with Gasteiger partial charge in [-0.15, -0.1) is 0 Å². The van der Waals surface area contributed by atoms with E-state index in [0.29, 0.717) is 6.42 Å².